The van der Waals surface area contributed by atoms with E-state index >= 15 is 0 Å². The van der Waals surface area contributed by atoms with E-state index in [4.69, 9.17) is 14.5 Å². The van der Waals surface area contributed by atoms with E-state index in [1.54, 1.807) is 26.8 Å². The highest BCUT2D eigenvalue weighted by molar-refractivity contribution is 5.92. The summed E-state index contributed by atoms with van der Waals surface area (Å²) in [5, 5.41) is 8.06. The van der Waals surface area contributed by atoms with Crippen molar-refractivity contribution in [3.8, 4) is 0 Å². The van der Waals surface area contributed by atoms with Crippen molar-refractivity contribution in [3.63, 3.8) is 0 Å². The summed E-state index contributed by atoms with van der Waals surface area (Å²) in [5.41, 5.74) is 3.94. The van der Waals surface area contributed by atoms with Crippen LogP contribution >= 0.6 is 0 Å². The van der Waals surface area contributed by atoms with Gasteiger partial charge in [0.15, 0.2) is 11.7 Å². The number of rotatable bonds is 1. The summed E-state index contributed by atoms with van der Waals surface area (Å²) in [5.74, 6) is -2.19. The van der Waals surface area contributed by atoms with Gasteiger partial charge in [-0.25, -0.2) is 10.2 Å². The van der Waals surface area contributed by atoms with Gasteiger partial charge in [0, 0.05) is 18.5 Å². The van der Waals surface area contributed by atoms with Gasteiger partial charge in [0.25, 0.3) is 11.8 Å². The zero-order valence-electron chi connectivity index (χ0n) is 25.2. The zero-order chi connectivity index (χ0) is 30.7. The second-order valence-corrected chi connectivity index (χ2v) is 12.1. The Morgan fingerprint density at radius 1 is 0.977 bits per heavy atom. The number of amides is 3. The maximum absolute atomic E-state index is 13.7. The van der Waals surface area contributed by atoms with Crippen LogP contribution in [0, 0.1) is 5.92 Å². The van der Waals surface area contributed by atoms with E-state index in [1.165, 1.54) is 5.01 Å². The fraction of sp³-hybridized carbons (Fsp3) is 0.531. The van der Waals surface area contributed by atoms with Crippen molar-refractivity contribution in [2.75, 3.05) is 13.2 Å². The van der Waals surface area contributed by atoms with Crippen molar-refractivity contribution in [2.45, 2.75) is 89.6 Å². The summed E-state index contributed by atoms with van der Waals surface area (Å²) in [6.45, 7) is 7.79. The predicted octanol–water partition coefficient (Wildman–Crippen LogP) is 2.95. The molecule has 3 amide bonds. The summed E-state index contributed by atoms with van der Waals surface area (Å²) >= 11 is 0. The lowest BCUT2D eigenvalue weighted by Gasteiger charge is -2.36. The van der Waals surface area contributed by atoms with Crippen LogP contribution in [0.25, 0.3) is 17.0 Å². The van der Waals surface area contributed by atoms with Gasteiger partial charge in [-0.1, -0.05) is 38.1 Å². The first-order valence-electron chi connectivity index (χ1n) is 15.2. The van der Waals surface area contributed by atoms with Crippen LogP contribution < -0.4 is 16.1 Å². The summed E-state index contributed by atoms with van der Waals surface area (Å²) in [7, 11) is 0. The number of hydrogen-bond donors (Lipinski definition) is 3. The number of hydrazine groups is 1. The average Bonchev–Trinajstić information content (AvgIpc) is 3.01. The van der Waals surface area contributed by atoms with E-state index < -0.39 is 35.7 Å². The predicted molar refractivity (Wildman–Crippen MR) is 160 cm³/mol. The lowest BCUT2D eigenvalue weighted by molar-refractivity contribution is -0.181. The second-order valence-electron chi connectivity index (χ2n) is 12.1. The molecule has 5 rings (SSSR count). The molecular weight excluding hydrogens is 550 g/mol. The molecule has 5 bridgehead atoms. The number of carbonyl (C=O) groups is 4. The van der Waals surface area contributed by atoms with Gasteiger partial charge in [-0.3, -0.25) is 24.4 Å². The van der Waals surface area contributed by atoms with E-state index in [9.17, 15) is 19.2 Å². The zero-order valence-corrected chi connectivity index (χ0v) is 25.2. The molecule has 2 aromatic rings. The van der Waals surface area contributed by atoms with Crippen LogP contribution in [-0.2, 0) is 28.7 Å². The number of fused-ring (bicyclic) bond motifs is 4. The summed E-state index contributed by atoms with van der Waals surface area (Å²) < 4.78 is 11.9. The number of nitrogens with one attached hydrogen (secondary N) is 3. The Labute approximate surface area is 251 Å². The van der Waals surface area contributed by atoms with Gasteiger partial charge in [0.2, 0.25) is 5.91 Å². The lowest BCUT2D eigenvalue weighted by Crippen LogP contribution is -2.61. The van der Waals surface area contributed by atoms with Crippen LogP contribution in [0.4, 0.5) is 0 Å². The molecule has 11 heteroatoms. The Morgan fingerprint density at radius 2 is 1.74 bits per heavy atom. The van der Waals surface area contributed by atoms with Gasteiger partial charge in [-0.15, -0.1) is 0 Å². The Bertz CT molecular complexity index is 1420. The topological polar surface area (TPSA) is 139 Å². The minimum atomic E-state index is -1.35. The third-order valence-electron chi connectivity index (χ3n) is 8.33. The minimum Gasteiger partial charge on any atom is -0.450 e. The molecule has 3 aliphatic heterocycles. The number of cyclic esters (lactones) is 1. The van der Waals surface area contributed by atoms with E-state index in [0.717, 1.165) is 29.3 Å². The number of aromatic nitrogens is 1. The molecule has 1 aromatic carbocycles. The van der Waals surface area contributed by atoms with E-state index in [2.05, 4.69) is 16.1 Å². The molecule has 1 aromatic heterocycles. The molecule has 1 spiro atoms. The average molecular weight is 592 g/mol. The van der Waals surface area contributed by atoms with Crippen molar-refractivity contribution in [3.05, 3.63) is 47.7 Å². The van der Waals surface area contributed by atoms with Gasteiger partial charge in [-0.2, -0.15) is 0 Å². The number of hydrogen-bond acceptors (Lipinski definition) is 8. The van der Waals surface area contributed by atoms with Crippen molar-refractivity contribution < 1.29 is 28.7 Å². The molecule has 0 radical (unpaired) electrons. The van der Waals surface area contributed by atoms with Gasteiger partial charge in [0.05, 0.1) is 17.3 Å². The van der Waals surface area contributed by atoms with Gasteiger partial charge in [-0.05, 0) is 75.6 Å². The first-order valence-corrected chi connectivity index (χ1v) is 15.2. The van der Waals surface area contributed by atoms with Crippen LogP contribution in [0.1, 0.15) is 77.1 Å². The quantitative estimate of drug-likeness (QED) is 0.431. The Kier molecular flexibility index (Phi) is 9.12. The van der Waals surface area contributed by atoms with Crippen molar-refractivity contribution in [2.24, 2.45) is 5.92 Å². The van der Waals surface area contributed by atoms with Crippen LogP contribution in [0.5, 0.6) is 0 Å². The minimum absolute atomic E-state index is 0.240. The molecule has 3 N–H and O–H groups in total. The largest absolute Gasteiger partial charge is 0.450 e. The van der Waals surface area contributed by atoms with Gasteiger partial charge >= 0.3 is 5.97 Å². The number of ether oxygens (including phenoxy) is 2. The Morgan fingerprint density at radius 3 is 2.49 bits per heavy atom. The molecule has 11 nitrogen and oxygen atoms in total. The molecule has 2 saturated heterocycles. The standard InChI is InChI=1S/C32H41N5O6/c1-19(2)27-29(39)34-21(4)30(40)37-16-7-8-25(36-37)28(38)33-20(3)24-12-11-23-10-9-22(18-26(23)35-24)13-15-32(31(41)43-27)14-5-6-17-42-32/h9-13,15,18-21,25,27,36H,5-8,14,16-17H2,1-4H3,(H,33,38)(H,34,39)/t20-,21+,25+,27+,32?/m1/s1. The first kappa shape index (κ1) is 30.6. The smallest absolute Gasteiger partial charge is 0.343 e. The van der Waals surface area contributed by atoms with Crippen molar-refractivity contribution in [1.29, 1.82) is 0 Å². The summed E-state index contributed by atoms with van der Waals surface area (Å²) in [6.07, 6.45) is 5.57. The highest BCUT2D eigenvalue weighted by atomic mass is 16.6. The molecule has 4 heterocycles. The SMILES string of the molecule is CC(C)[C@@H]1OC(=O)C2(C=Cc3ccc4ccc(nc4c3)[C@@H](C)NC(=O)[C@@H]3CCCN(N3)C(=O)[C@H](C)NC1=O)CCCCO2. The van der Waals surface area contributed by atoms with Crippen LogP contribution in [0.2, 0.25) is 0 Å². The molecule has 0 aliphatic carbocycles. The number of nitrogens with zero attached hydrogens (tertiary/aromatic N) is 2. The third kappa shape index (κ3) is 6.73. The molecule has 43 heavy (non-hydrogen) atoms. The number of pyridine rings is 1. The van der Waals surface area contributed by atoms with Gasteiger partial charge in [0.1, 0.15) is 12.1 Å². The second kappa shape index (κ2) is 12.8. The fourth-order valence-corrected chi connectivity index (χ4v) is 5.72. The molecule has 230 valence electrons. The van der Waals surface area contributed by atoms with E-state index in [-0.39, 0.29) is 23.8 Å². The third-order valence-corrected chi connectivity index (χ3v) is 8.33. The van der Waals surface area contributed by atoms with E-state index in [1.807, 2.05) is 43.3 Å². The maximum atomic E-state index is 13.7. The fourth-order valence-electron chi connectivity index (χ4n) is 5.72. The van der Waals surface area contributed by atoms with E-state index in [0.29, 0.717) is 38.1 Å². The maximum Gasteiger partial charge on any atom is 0.343 e. The van der Waals surface area contributed by atoms with Crippen molar-refractivity contribution in [1.82, 2.24) is 26.1 Å². The Balaban J connectivity index is 1.53. The lowest BCUT2D eigenvalue weighted by atomic mass is 9.92. The van der Waals surface area contributed by atoms with Crippen molar-refractivity contribution >= 4 is 40.7 Å². The molecule has 0 saturated carbocycles. The molecule has 3 aliphatic rings. The number of esters is 1. The van der Waals surface area contributed by atoms with Crippen LogP contribution in [0.3, 0.4) is 0 Å². The van der Waals surface area contributed by atoms with Crippen LogP contribution in [0.15, 0.2) is 36.4 Å². The number of carbonyl (C=O) groups excluding carboxylic acids is 4. The highest BCUT2D eigenvalue weighted by Crippen LogP contribution is 2.31. The van der Waals surface area contributed by atoms with Crippen LogP contribution in [-0.4, -0.2) is 70.6 Å². The molecule has 1 unspecified atom stereocenters. The number of benzene rings is 1. The summed E-state index contributed by atoms with van der Waals surface area (Å²) in [6, 6.07) is 7.75. The molecular formula is C32H41N5O6. The Hall–Kier alpha value is -3.83. The molecule has 2 fully saturated rings. The normalized spacial score (nSPS) is 29.5. The monoisotopic (exact) mass is 591 g/mol. The first-order chi connectivity index (χ1) is 20.6. The summed E-state index contributed by atoms with van der Waals surface area (Å²) in [4.78, 5) is 58.4. The highest BCUT2D eigenvalue weighted by Gasteiger charge is 2.43. The molecule has 5 atom stereocenters. The van der Waals surface area contributed by atoms with Gasteiger partial charge < -0.3 is 20.1 Å².